The summed E-state index contributed by atoms with van der Waals surface area (Å²) in [6.45, 7) is 6.55. The minimum atomic E-state index is -3.24. The van der Waals surface area contributed by atoms with Gasteiger partial charge < -0.3 is 5.32 Å². The highest BCUT2D eigenvalue weighted by Gasteiger charge is 2.26. The summed E-state index contributed by atoms with van der Waals surface area (Å²) in [6, 6.07) is 12.9. The van der Waals surface area contributed by atoms with Gasteiger partial charge in [0.15, 0.2) is 0 Å². The Morgan fingerprint density at radius 2 is 1.78 bits per heavy atom. The molecule has 0 saturated carbocycles. The van der Waals surface area contributed by atoms with Gasteiger partial charge >= 0.3 is 0 Å². The lowest BCUT2D eigenvalue weighted by atomic mass is 10.00. The summed E-state index contributed by atoms with van der Waals surface area (Å²) in [5.74, 6) is 0.0124. The van der Waals surface area contributed by atoms with Crippen LogP contribution < -0.4 is 9.62 Å². The van der Waals surface area contributed by atoms with Gasteiger partial charge in [0, 0.05) is 12.1 Å². The van der Waals surface area contributed by atoms with E-state index in [4.69, 9.17) is 0 Å². The maximum atomic E-state index is 12.6. The van der Waals surface area contributed by atoms with Gasteiger partial charge in [0.05, 0.1) is 17.5 Å². The highest BCUT2D eigenvalue weighted by molar-refractivity contribution is 7.92. The van der Waals surface area contributed by atoms with Gasteiger partial charge in [-0.25, -0.2) is 8.42 Å². The molecule has 0 aliphatic carbocycles. The molecule has 27 heavy (non-hydrogen) atoms. The summed E-state index contributed by atoms with van der Waals surface area (Å²) in [6.07, 6.45) is 1.56. The highest BCUT2D eigenvalue weighted by Crippen LogP contribution is 2.24. The molecular weight excluding hydrogens is 360 g/mol. The molecule has 144 valence electrons. The lowest BCUT2D eigenvalue weighted by Crippen LogP contribution is -2.37. The zero-order valence-electron chi connectivity index (χ0n) is 16.0. The van der Waals surface area contributed by atoms with Crippen LogP contribution in [0.2, 0.25) is 0 Å². The van der Waals surface area contributed by atoms with E-state index in [0.717, 1.165) is 17.5 Å². The van der Waals surface area contributed by atoms with Crippen LogP contribution in [0, 0.1) is 13.8 Å². The number of rotatable bonds is 4. The average Bonchev–Trinajstić information content (AvgIpc) is 2.61. The Morgan fingerprint density at radius 3 is 2.41 bits per heavy atom. The molecule has 2 aromatic carbocycles. The summed E-state index contributed by atoms with van der Waals surface area (Å²) >= 11 is 0. The molecule has 1 heterocycles. The van der Waals surface area contributed by atoms with Crippen molar-refractivity contribution in [1.82, 2.24) is 5.32 Å². The first-order chi connectivity index (χ1) is 12.8. The third kappa shape index (κ3) is 4.33. The molecule has 2 aromatic rings. The predicted molar refractivity (Wildman–Crippen MR) is 109 cm³/mol. The first kappa shape index (κ1) is 19.4. The molecule has 0 bridgehead atoms. The molecule has 5 nitrogen and oxygen atoms in total. The standard InChI is InChI=1S/C21H26N2O3S/c1-15-6-11-20(16(2)14-15)17(3)22-21(24)18-7-9-19(10-8-18)23-12-4-5-13-27(23,25)26/h6-11,14,17H,4-5,12-13H2,1-3H3,(H,22,24)/t17-/m0/s1. The second-order valence-corrected chi connectivity index (χ2v) is 9.21. The van der Waals surface area contributed by atoms with E-state index in [-0.39, 0.29) is 17.7 Å². The van der Waals surface area contributed by atoms with E-state index in [0.29, 0.717) is 24.2 Å². The van der Waals surface area contributed by atoms with E-state index >= 15 is 0 Å². The number of anilines is 1. The third-order valence-electron chi connectivity index (χ3n) is 5.01. The van der Waals surface area contributed by atoms with Gasteiger partial charge in [0.25, 0.3) is 5.91 Å². The van der Waals surface area contributed by atoms with Gasteiger partial charge in [-0.2, -0.15) is 0 Å². The van der Waals surface area contributed by atoms with Crippen LogP contribution in [0.25, 0.3) is 0 Å². The van der Waals surface area contributed by atoms with E-state index in [2.05, 4.69) is 11.4 Å². The van der Waals surface area contributed by atoms with Gasteiger partial charge in [-0.15, -0.1) is 0 Å². The fraction of sp³-hybridized carbons (Fsp3) is 0.381. The molecule has 6 heteroatoms. The molecule has 1 aliphatic heterocycles. The SMILES string of the molecule is Cc1ccc([C@H](C)NC(=O)c2ccc(N3CCCCS3(=O)=O)cc2)c(C)c1. The summed E-state index contributed by atoms with van der Waals surface area (Å²) in [4.78, 5) is 12.6. The molecular formula is C21H26N2O3S. The number of hydrogen-bond acceptors (Lipinski definition) is 3. The Labute approximate surface area is 161 Å². The quantitative estimate of drug-likeness (QED) is 0.871. The first-order valence-electron chi connectivity index (χ1n) is 9.26. The Kier molecular flexibility index (Phi) is 5.56. The zero-order chi connectivity index (χ0) is 19.6. The van der Waals surface area contributed by atoms with Crippen molar-refractivity contribution in [2.75, 3.05) is 16.6 Å². The van der Waals surface area contributed by atoms with Crippen molar-refractivity contribution in [2.24, 2.45) is 0 Å². The summed E-state index contributed by atoms with van der Waals surface area (Å²) in [7, 11) is -3.24. The molecule has 1 atom stereocenters. The van der Waals surface area contributed by atoms with Crippen LogP contribution in [-0.4, -0.2) is 26.6 Å². The number of carbonyl (C=O) groups excluding carboxylic acids is 1. The molecule has 3 rings (SSSR count). The van der Waals surface area contributed by atoms with Crippen LogP contribution in [0.4, 0.5) is 5.69 Å². The van der Waals surface area contributed by atoms with Gasteiger partial charge in [0.1, 0.15) is 0 Å². The molecule has 0 spiro atoms. The molecule has 0 aromatic heterocycles. The van der Waals surface area contributed by atoms with Crippen molar-refractivity contribution >= 4 is 21.6 Å². The van der Waals surface area contributed by atoms with E-state index in [1.54, 1.807) is 24.3 Å². The van der Waals surface area contributed by atoms with E-state index < -0.39 is 10.0 Å². The van der Waals surface area contributed by atoms with Crippen molar-refractivity contribution in [2.45, 2.75) is 39.7 Å². The molecule has 1 amide bonds. The number of carbonyl (C=O) groups is 1. The second-order valence-electron chi connectivity index (χ2n) is 7.20. The smallest absolute Gasteiger partial charge is 0.251 e. The van der Waals surface area contributed by atoms with E-state index in [9.17, 15) is 13.2 Å². The van der Waals surface area contributed by atoms with Gasteiger partial charge in [-0.1, -0.05) is 23.8 Å². The normalized spacial score (nSPS) is 17.4. The average molecular weight is 387 g/mol. The highest BCUT2D eigenvalue weighted by atomic mass is 32.2. The van der Waals surface area contributed by atoms with Crippen molar-refractivity contribution in [3.8, 4) is 0 Å². The molecule has 1 saturated heterocycles. The number of aryl methyl sites for hydroxylation is 2. The van der Waals surface area contributed by atoms with Crippen LogP contribution in [0.5, 0.6) is 0 Å². The Balaban J connectivity index is 1.72. The van der Waals surface area contributed by atoms with Gasteiger partial charge in [0.2, 0.25) is 10.0 Å². The predicted octanol–water partition coefficient (Wildman–Crippen LogP) is 3.72. The molecule has 0 unspecified atom stereocenters. The van der Waals surface area contributed by atoms with E-state index in [1.807, 2.05) is 32.9 Å². The summed E-state index contributed by atoms with van der Waals surface area (Å²) in [5.41, 5.74) is 4.56. The van der Waals surface area contributed by atoms with Crippen LogP contribution in [0.15, 0.2) is 42.5 Å². The fourth-order valence-corrected chi connectivity index (χ4v) is 5.17. The van der Waals surface area contributed by atoms with Crippen molar-refractivity contribution in [3.63, 3.8) is 0 Å². The van der Waals surface area contributed by atoms with Crippen molar-refractivity contribution < 1.29 is 13.2 Å². The monoisotopic (exact) mass is 386 g/mol. The molecule has 1 fully saturated rings. The maximum Gasteiger partial charge on any atom is 0.251 e. The lowest BCUT2D eigenvalue weighted by Gasteiger charge is -2.28. The maximum absolute atomic E-state index is 12.6. The van der Waals surface area contributed by atoms with Crippen LogP contribution in [-0.2, 0) is 10.0 Å². The van der Waals surface area contributed by atoms with Crippen molar-refractivity contribution in [1.29, 1.82) is 0 Å². The topological polar surface area (TPSA) is 66.5 Å². The summed E-state index contributed by atoms with van der Waals surface area (Å²) in [5, 5.41) is 3.02. The molecule has 1 aliphatic rings. The van der Waals surface area contributed by atoms with Gasteiger partial charge in [-0.3, -0.25) is 9.10 Å². The number of nitrogens with zero attached hydrogens (tertiary/aromatic N) is 1. The fourth-order valence-electron chi connectivity index (χ4n) is 3.53. The Hall–Kier alpha value is -2.34. The summed E-state index contributed by atoms with van der Waals surface area (Å²) < 4.78 is 25.9. The number of benzene rings is 2. The number of sulfonamides is 1. The number of nitrogens with one attached hydrogen (secondary N) is 1. The minimum absolute atomic E-state index is 0.111. The lowest BCUT2D eigenvalue weighted by molar-refractivity contribution is 0.0940. The number of amides is 1. The molecule has 0 radical (unpaired) electrons. The second kappa shape index (κ2) is 7.72. The Morgan fingerprint density at radius 1 is 1.07 bits per heavy atom. The zero-order valence-corrected chi connectivity index (χ0v) is 16.8. The van der Waals surface area contributed by atoms with Gasteiger partial charge in [-0.05, 0) is 69.0 Å². The minimum Gasteiger partial charge on any atom is -0.346 e. The van der Waals surface area contributed by atoms with E-state index in [1.165, 1.54) is 9.87 Å². The Bertz CT molecular complexity index is 936. The molecule has 1 N–H and O–H groups in total. The van der Waals surface area contributed by atoms with Crippen LogP contribution in [0.3, 0.4) is 0 Å². The first-order valence-corrected chi connectivity index (χ1v) is 10.9. The number of hydrogen-bond donors (Lipinski definition) is 1. The largest absolute Gasteiger partial charge is 0.346 e. The van der Waals surface area contributed by atoms with Crippen LogP contribution >= 0.6 is 0 Å². The van der Waals surface area contributed by atoms with Crippen molar-refractivity contribution in [3.05, 3.63) is 64.7 Å². The van der Waals surface area contributed by atoms with Crippen LogP contribution in [0.1, 0.15) is 52.9 Å². The third-order valence-corrected chi connectivity index (χ3v) is 6.88.